The van der Waals surface area contributed by atoms with E-state index in [4.69, 9.17) is 16.3 Å². The number of likely N-dealkylation sites (N-methyl/N-ethyl adjacent to an activating group) is 1. The normalized spacial score (nSPS) is 22.2. The van der Waals surface area contributed by atoms with Crippen molar-refractivity contribution in [2.24, 2.45) is 0 Å². The fourth-order valence-corrected chi connectivity index (χ4v) is 1.99. The molecule has 0 spiro atoms. The number of halogens is 1. The maximum Gasteiger partial charge on any atom is 0.120 e. The van der Waals surface area contributed by atoms with Gasteiger partial charge in [0.1, 0.15) is 6.23 Å². The van der Waals surface area contributed by atoms with Gasteiger partial charge in [-0.05, 0) is 24.7 Å². The number of ether oxygens (including phenoxy) is 1. The van der Waals surface area contributed by atoms with E-state index in [-0.39, 0.29) is 6.23 Å². The number of benzene rings is 1. The Balaban J connectivity index is 1.91. The lowest BCUT2D eigenvalue weighted by Gasteiger charge is -2.32. The van der Waals surface area contributed by atoms with Crippen LogP contribution in [-0.4, -0.2) is 37.9 Å². The maximum absolute atomic E-state index is 5.86. The van der Waals surface area contributed by atoms with E-state index in [1.807, 2.05) is 19.2 Å². The first kappa shape index (κ1) is 11.9. The molecule has 1 aromatic rings. The molecule has 0 saturated carbocycles. The number of hydrogen-bond donors (Lipinski definition) is 1. The van der Waals surface area contributed by atoms with Crippen molar-refractivity contribution in [3.63, 3.8) is 0 Å². The SMILES string of the molecule is CN[C@@H]1CN(Cc2ccc(Cl)cc2)CCO1. The van der Waals surface area contributed by atoms with Gasteiger partial charge in [-0.2, -0.15) is 0 Å². The van der Waals surface area contributed by atoms with Gasteiger partial charge in [-0.25, -0.2) is 0 Å². The lowest BCUT2D eigenvalue weighted by Crippen LogP contribution is -2.47. The standard InChI is InChI=1S/C12H17ClN2O/c1-14-12-9-15(6-7-16-12)8-10-2-4-11(13)5-3-10/h2-5,12,14H,6-9H2,1H3/t12-/m0/s1. The van der Waals surface area contributed by atoms with E-state index < -0.39 is 0 Å². The highest BCUT2D eigenvalue weighted by atomic mass is 35.5. The quantitative estimate of drug-likeness (QED) is 0.871. The van der Waals surface area contributed by atoms with Crippen LogP contribution in [0.4, 0.5) is 0 Å². The number of nitrogens with one attached hydrogen (secondary N) is 1. The van der Waals surface area contributed by atoms with Crippen molar-refractivity contribution in [3.8, 4) is 0 Å². The second-order valence-corrected chi connectivity index (χ2v) is 4.45. The summed E-state index contributed by atoms with van der Waals surface area (Å²) in [6.07, 6.45) is 0.154. The molecule has 2 rings (SSSR count). The average Bonchev–Trinajstić information content (AvgIpc) is 2.32. The molecule has 4 heteroatoms. The summed E-state index contributed by atoms with van der Waals surface area (Å²) in [6.45, 7) is 3.66. The molecule has 88 valence electrons. The summed E-state index contributed by atoms with van der Waals surface area (Å²) in [6, 6.07) is 8.03. The minimum absolute atomic E-state index is 0.154. The van der Waals surface area contributed by atoms with E-state index in [0.29, 0.717) is 0 Å². The van der Waals surface area contributed by atoms with Gasteiger partial charge in [0.2, 0.25) is 0 Å². The monoisotopic (exact) mass is 240 g/mol. The topological polar surface area (TPSA) is 24.5 Å². The third-order valence-electron chi connectivity index (χ3n) is 2.79. The number of nitrogens with zero attached hydrogens (tertiary/aromatic N) is 1. The van der Waals surface area contributed by atoms with Crippen LogP contribution in [0.3, 0.4) is 0 Å². The third kappa shape index (κ3) is 3.19. The Labute approximate surface area is 101 Å². The van der Waals surface area contributed by atoms with Gasteiger partial charge in [0.15, 0.2) is 0 Å². The number of morpholine rings is 1. The van der Waals surface area contributed by atoms with Crippen LogP contribution in [-0.2, 0) is 11.3 Å². The molecule has 1 aromatic carbocycles. The van der Waals surface area contributed by atoms with Gasteiger partial charge in [0.05, 0.1) is 6.61 Å². The molecule has 0 aromatic heterocycles. The van der Waals surface area contributed by atoms with Gasteiger partial charge in [-0.15, -0.1) is 0 Å². The summed E-state index contributed by atoms with van der Waals surface area (Å²) < 4.78 is 5.54. The van der Waals surface area contributed by atoms with Crippen LogP contribution in [0, 0.1) is 0 Å². The molecule has 16 heavy (non-hydrogen) atoms. The minimum Gasteiger partial charge on any atom is -0.361 e. The van der Waals surface area contributed by atoms with Crippen LogP contribution < -0.4 is 5.32 Å². The summed E-state index contributed by atoms with van der Waals surface area (Å²) in [5.41, 5.74) is 1.29. The zero-order valence-electron chi connectivity index (χ0n) is 9.45. The van der Waals surface area contributed by atoms with Crippen molar-refractivity contribution in [1.29, 1.82) is 0 Å². The molecular formula is C12H17ClN2O. The lowest BCUT2D eigenvalue weighted by atomic mass is 10.2. The Morgan fingerprint density at radius 2 is 2.19 bits per heavy atom. The van der Waals surface area contributed by atoms with E-state index >= 15 is 0 Å². The Morgan fingerprint density at radius 1 is 1.44 bits per heavy atom. The lowest BCUT2D eigenvalue weighted by molar-refractivity contribution is -0.0442. The highest BCUT2D eigenvalue weighted by Gasteiger charge is 2.18. The van der Waals surface area contributed by atoms with Crippen LogP contribution in [0.25, 0.3) is 0 Å². The van der Waals surface area contributed by atoms with E-state index in [2.05, 4.69) is 22.3 Å². The smallest absolute Gasteiger partial charge is 0.120 e. The molecule has 0 aliphatic carbocycles. The van der Waals surface area contributed by atoms with Gasteiger partial charge in [-0.1, -0.05) is 23.7 Å². The predicted molar refractivity (Wildman–Crippen MR) is 65.5 cm³/mol. The third-order valence-corrected chi connectivity index (χ3v) is 3.04. The van der Waals surface area contributed by atoms with Gasteiger partial charge in [0.25, 0.3) is 0 Å². The van der Waals surface area contributed by atoms with E-state index in [1.165, 1.54) is 5.56 Å². The highest BCUT2D eigenvalue weighted by molar-refractivity contribution is 6.30. The molecule has 1 fully saturated rings. The van der Waals surface area contributed by atoms with Crippen LogP contribution in [0.5, 0.6) is 0 Å². The van der Waals surface area contributed by atoms with E-state index in [0.717, 1.165) is 31.3 Å². The first-order valence-corrected chi connectivity index (χ1v) is 5.91. The maximum atomic E-state index is 5.86. The average molecular weight is 241 g/mol. The minimum atomic E-state index is 0.154. The molecule has 1 N–H and O–H groups in total. The Hall–Kier alpha value is -0.610. The molecule has 1 aliphatic rings. The number of hydrogen-bond acceptors (Lipinski definition) is 3. The van der Waals surface area contributed by atoms with Gasteiger partial charge < -0.3 is 4.74 Å². The van der Waals surface area contributed by atoms with Crippen LogP contribution >= 0.6 is 11.6 Å². The molecule has 1 heterocycles. The summed E-state index contributed by atoms with van der Waals surface area (Å²) in [7, 11) is 1.93. The zero-order chi connectivity index (χ0) is 11.4. The van der Waals surface area contributed by atoms with Gasteiger partial charge in [-0.3, -0.25) is 10.2 Å². The summed E-state index contributed by atoms with van der Waals surface area (Å²) in [4.78, 5) is 2.38. The van der Waals surface area contributed by atoms with Crippen molar-refractivity contribution >= 4 is 11.6 Å². The molecule has 0 radical (unpaired) electrons. The second kappa shape index (κ2) is 5.64. The molecule has 0 bridgehead atoms. The molecule has 1 saturated heterocycles. The Kier molecular flexibility index (Phi) is 4.18. The first-order valence-electron chi connectivity index (χ1n) is 5.53. The Bertz CT molecular complexity index is 328. The molecular weight excluding hydrogens is 224 g/mol. The second-order valence-electron chi connectivity index (χ2n) is 4.01. The summed E-state index contributed by atoms with van der Waals surface area (Å²) in [5.74, 6) is 0. The van der Waals surface area contributed by atoms with Crippen molar-refractivity contribution in [2.45, 2.75) is 12.8 Å². The van der Waals surface area contributed by atoms with Crippen molar-refractivity contribution in [3.05, 3.63) is 34.9 Å². The molecule has 1 atom stereocenters. The molecule has 3 nitrogen and oxygen atoms in total. The van der Waals surface area contributed by atoms with Crippen molar-refractivity contribution in [1.82, 2.24) is 10.2 Å². The van der Waals surface area contributed by atoms with Gasteiger partial charge >= 0.3 is 0 Å². The van der Waals surface area contributed by atoms with E-state index in [1.54, 1.807) is 0 Å². The Morgan fingerprint density at radius 3 is 2.88 bits per heavy atom. The zero-order valence-corrected chi connectivity index (χ0v) is 10.2. The summed E-state index contributed by atoms with van der Waals surface area (Å²) >= 11 is 5.86. The van der Waals surface area contributed by atoms with E-state index in [9.17, 15) is 0 Å². The fraction of sp³-hybridized carbons (Fsp3) is 0.500. The van der Waals surface area contributed by atoms with Crippen LogP contribution in [0.15, 0.2) is 24.3 Å². The molecule has 1 aliphatic heterocycles. The fourth-order valence-electron chi connectivity index (χ4n) is 1.87. The largest absolute Gasteiger partial charge is 0.361 e. The van der Waals surface area contributed by atoms with Crippen LogP contribution in [0.1, 0.15) is 5.56 Å². The first-order chi connectivity index (χ1) is 7.78. The highest BCUT2D eigenvalue weighted by Crippen LogP contribution is 2.13. The van der Waals surface area contributed by atoms with Crippen molar-refractivity contribution in [2.75, 3.05) is 26.7 Å². The summed E-state index contributed by atoms with van der Waals surface area (Å²) in [5, 5.41) is 3.93. The van der Waals surface area contributed by atoms with Crippen LogP contribution in [0.2, 0.25) is 5.02 Å². The molecule has 0 unspecified atom stereocenters. The van der Waals surface area contributed by atoms with Crippen molar-refractivity contribution < 1.29 is 4.74 Å². The molecule has 0 amide bonds. The van der Waals surface area contributed by atoms with Gasteiger partial charge in [0, 0.05) is 24.7 Å². The number of rotatable bonds is 3. The predicted octanol–water partition coefficient (Wildman–Crippen LogP) is 1.72.